The summed E-state index contributed by atoms with van der Waals surface area (Å²) in [4.78, 5) is 45.3. The van der Waals surface area contributed by atoms with E-state index in [0.717, 1.165) is 25.5 Å². The summed E-state index contributed by atoms with van der Waals surface area (Å²) in [6.07, 6.45) is 4.01. The van der Waals surface area contributed by atoms with Crippen molar-refractivity contribution in [2.75, 3.05) is 11.4 Å². The number of carboxylic acids is 1. The SMILES string of the molecule is CC1(C)CC2CC(C)(CN2C(=O)N(C(=O)c2ccc(C(=O)O)cn2)c2ccccc2)C1. The lowest BCUT2D eigenvalue weighted by Crippen LogP contribution is -2.49. The number of carbonyl (C=O) groups excluding carboxylic acids is 2. The number of hydrogen-bond donors (Lipinski definition) is 1. The number of hydrogen-bond acceptors (Lipinski definition) is 4. The van der Waals surface area contributed by atoms with Crippen LogP contribution in [-0.2, 0) is 0 Å². The highest BCUT2D eigenvalue weighted by Gasteiger charge is 2.52. The van der Waals surface area contributed by atoms with Crippen LogP contribution in [0.3, 0.4) is 0 Å². The molecule has 0 radical (unpaired) electrons. The highest BCUT2D eigenvalue weighted by atomic mass is 16.4. The summed E-state index contributed by atoms with van der Waals surface area (Å²) in [6.45, 7) is 7.30. The van der Waals surface area contributed by atoms with Crippen molar-refractivity contribution >= 4 is 23.6 Å². The van der Waals surface area contributed by atoms with E-state index in [9.17, 15) is 14.4 Å². The predicted octanol–water partition coefficient (Wildman–Crippen LogP) is 4.45. The second-order valence-corrected chi connectivity index (χ2v) is 9.84. The van der Waals surface area contributed by atoms with Gasteiger partial charge in [-0.05, 0) is 54.4 Å². The van der Waals surface area contributed by atoms with E-state index in [4.69, 9.17) is 5.11 Å². The van der Waals surface area contributed by atoms with Crippen LogP contribution in [0.15, 0.2) is 48.7 Å². The van der Waals surface area contributed by atoms with Crippen LogP contribution in [0.2, 0.25) is 0 Å². The normalized spacial score (nSPS) is 24.0. The maximum Gasteiger partial charge on any atom is 0.337 e. The van der Waals surface area contributed by atoms with Crippen molar-refractivity contribution in [2.45, 2.75) is 46.1 Å². The number of carbonyl (C=O) groups is 3. The molecule has 162 valence electrons. The quantitative estimate of drug-likeness (QED) is 0.791. The fourth-order valence-electron chi connectivity index (χ4n) is 5.47. The molecule has 3 amide bonds. The molecule has 2 atom stereocenters. The van der Waals surface area contributed by atoms with Gasteiger partial charge in [0, 0.05) is 18.8 Å². The van der Waals surface area contributed by atoms with Gasteiger partial charge in [0.05, 0.1) is 11.3 Å². The number of anilines is 1. The monoisotopic (exact) mass is 421 g/mol. The van der Waals surface area contributed by atoms with Gasteiger partial charge in [-0.3, -0.25) is 9.78 Å². The summed E-state index contributed by atoms with van der Waals surface area (Å²) in [7, 11) is 0. The Kier molecular flexibility index (Phi) is 5.07. The molecule has 1 N–H and O–H groups in total. The zero-order valence-electron chi connectivity index (χ0n) is 18.0. The third-order valence-electron chi connectivity index (χ3n) is 6.30. The number of aromatic nitrogens is 1. The first-order valence-corrected chi connectivity index (χ1v) is 10.5. The number of likely N-dealkylation sites (tertiary alicyclic amines) is 1. The van der Waals surface area contributed by atoms with E-state index in [2.05, 4.69) is 25.8 Å². The maximum atomic E-state index is 13.7. The lowest BCUT2D eigenvalue weighted by molar-refractivity contribution is 0.0695. The molecule has 2 heterocycles. The molecule has 2 unspecified atom stereocenters. The molecule has 7 heteroatoms. The zero-order chi connectivity index (χ0) is 22.4. The molecule has 2 fully saturated rings. The Morgan fingerprint density at radius 3 is 2.39 bits per heavy atom. The molecular weight excluding hydrogens is 394 g/mol. The Balaban J connectivity index is 1.68. The first-order chi connectivity index (χ1) is 14.6. The minimum absolute atomic E-state index is 0.0161. The van der Waals surface area contributed by atoms with Crippen molar-refractivity contribution in [2.24, 2.45) is 10.8 Å². The summed E-state index contributed by atoms with van der Waals surface area (Å²) >= 11 is 0. The average Bonchev–Trinajstić information content (AvgIpc) is 2.97. The second kappa shape index (κ2) is 7.48. The van der Waals surface area contributed by atoms with Crippen LogP contribution in [0.5, 0.6) is 0 Å². The van der Waals surface area contributed by atoms with Crippen LogP contribution in [0.1, 0.15) is 60.9 Å². The molecule has 1 aliphatic heterocycles. The van der Waals surface area contributed by atoms with Crippen molar-refractivity contribution in [1.29, 1.82) is 0 Å². The summed E-state index contributed by atoms with van der Waals surface area (Å²) < 4.78 is 0. The van der Waals surface area contributed by atoms with E-state index in [1.807, 2.05) is 11.0 Å². The molecule has 1 saturated heterocycles. The second-order valence-electron chi connectivity index (χ2n) is 9.84. The number of aromatic carboxylic acids is 1. The molecular formula is C24H27N3O4. The molecule has 1 saturated carbocycles. The maximum absolute atomic E-state index is 13.7. The van der Waals surface area contributed by atoms with Crippen molar-refractivity contribution in [3.05, 3.63) is 59.9 Å². The van der Waals surface area contributed by atoms with E-state index in [1.54, 1.807) is 24.3 Å². The van der Waals surface area contributed by atoms with Gasteiger partial charge < -0.3 is 10.0 Å². The van der Waals surface area contributed by atoms with Crippen molar-refractivity contribution in [1.82, 2.24) is 9.88 Å². The summed E-state index contributed by atoms with van der Waals surface area (Å²) in [5.74, 6) is -1.69. The number of para-hydroxylation sites is 1. The zero-order valence-corrected chi connectivity index (χ0v) is 18.0. The van der Waals surface area contributed by atoms with Crippen LogP contribution in [0.4, 0.5) is 10.5 Å². The number of fused-ring (bicyclic) bond motifs is 2. The fourth-order valence-corrected chi connectivity index (χ4v) is 5.47. The summed E-state index contributed by atoms with van der Waals surface area (Å²) in [6, 6.07) is 11.2. The van der Waals surface area contributed by atoms with Crippen LogP contribution in [0, 0.1) is 10.8 Å². The topological polar surface area (TPSA) is 90.8 Å². The standard InChI is InChI=1S/C24H27N3O4/c1-23(2)11-18-12-24(3,14-23)15-26(18)22(31)27(17-7-5-4-6-8-17)20(28)19-10-9-16(13-25-19)21(29)30/h4-10,13,18H,11-12,14-15H2,1-3H3,(H,29,30). The number of imide groups is 1. The Morgan fingerprint density at radius 1 is 1.06 bits per heavy atom. The summed E-state index contributed by atoms with van der Waals surface area (Å²) in [5, 5.41) is 9.09. The van der Waals surface area contributed by atoms with Crippen LogP contribution < -0.4 is 4.90 Å². The molecule has 7 nitrogen and oxygen atoms in total. The van der Waals surface area contributed by atoms with Gasteiger partial charge >= 0.3 is 12.0 Å². The van der Waals surface area contributed by atoms with Crippen molar-refractivity contribution in [3.63, 3.8) is 0 Å². The lowest BCUT2D eigenvalue weighted by Gasteiger charge is -2.39. The fraction of sp³-hybridized carbons (Fsp3) is 0.417. The number of pyridine rings is 1. The highest BCUT2D eigenvalue weighted by molar-refractivity contribution is 6.20. The molecule has 2 aromatic rings. The van der Waals surface area contributed by atoms with Crippen LogP contribution in [0.25, 0.3) is 0 Å². The van der Waals surface area contributed by atoms with Gasteiger partial charge in [-0.2, -0.15) is 0 Å². The molecule has 0 spiro atoms. The van der Waals surface area contributed by atoms with Gasteiger partial charge in [0.2, 0.25) is 0 Å². The van der Waals surface area contributed by atoms with Crippen LogP contribution >= 0.6 is 0 Å². The molecule has 1 aromatic heterocycles. The molecule has 2 aliphatic rings. The Morgan fingerprint density at radius 2 is 1.77 bits per heavy atom. The number of benzene rings is 1. The third kappa shape index (κ3) is 4.04. The number of rotatable bonds is 3. The van der Waals surface area contributed by atoms with E-state index >= 15 is 0 Å². The first kappa shape index (κ1) is 21.0. The van der Waals surface area contributed by atoms with Gasteiger partial charge in [0.1, 0.15) is 5.69 Å². The Labute approximate surface area is 181 Å². The van der Waals surface area contributed by atoms with Gasteiger partial charge in [0.25, 0.3) is 5.91 Å². The number of urea groups is 1. The van der Waals surface area contributed by atoms with Crippen molar-refractivity contribution in [3.8, 4) is 0 Å². The smallest absolute Gasteiger partial charge is 0.337 e. The van der Waals surface area contributed by atoms with Gasteiger partial charge in [-0.25, -0.2) is 14.5 Å². The summed E-state index contributed by atoms with van der Waals surface area (Å²) in [5.41, 5.74) is 0.651. The molecule has 4 rings (SSSR count). The van der Waals surface area contributed by atoms with E-state index < -0.39 is 11.9 Å². The van der Waals surface area contributed by atoms with E-state index in [1.165, 1.54) is 17.0 Å². The highest BCUT2D eigenvalue weighted by Crippen LogP contribution is 2.52. The van der Waals surface area contributed by atoms with Crippen molar-refractivity contribution < 1.29 is 19.5 Å². The van der Waals surface area contributed by atoms with E-state index in [-0.39, 0.29) is 34.2 Å². The van der Waals surface area contributed by atoms with Gasteiger partial charge in [0.15, 0.2) is 0 Å². The molecule has 1 aliphatic carbocycles. The Hall–Kier alpha value is -3.22. The predicted molar refractivity (Wildman–Crippen MR) is 116 cm³/mol. The average molecular weight is 421 g/mol. The molecule has 1 aromatic carbocycles. The lowest BCUT2D eigenvalue weighted by atomic mass is 9.65. The van der Waals surface area contributed by atoms with Crippen LogP contribution in [-0.4, -0.2) is 45.5 Å². The first-order valence-electron chi connectivity index (χ1n) is 10.5. The minimum atomic E-state index is -1.12. The van der Waals surface area contributed by atoms with Gasteiger partial charge in [-0.1, -0.05) is 39.0 Å². The molecule has 2 bridgehead atoms. The number of nitrogens with zero attached hydrogens (tertiary/aromatic N) is 3. The largest absolute Gasteiger partial charge is 0.478 e. The molecule has 31 heavy (non-hydrogen) atoms. The minimum Gasteiger partial charge on any atom is -0.478 e. The van der Waals surface area contributed by atoms with Gasteiger partial charge in [-0.15, -0.1) is 0 Å². The number of amides is 3. The number of carboxylic acid groups (broad SMARTS) is 1. The Bertz CT molecular complexity index is 1020. The third-order valence-corrected chi connectivity index (χ3v) is 6.30. The van der Waals surface area contributed by atoms with E-state index in [0.29, 0.717) is 12.2 Å².